The van der Waals surface area contributed by atoms with Crippen LogP contribution in [0.5, 0.6) is 0 Å². The Bertz CT molecular complexity index is 801. The molecule has 0 bridgehead atoms. The van der Waals surface area contributed by atoms with E-state index in [1.807, 2.05) is 0 Å². The molecule has 4 rings (SSSR count). The molecule has 0 amide bonds. The number of thiophene rings is 1. The number of rotatable bonds is 6. The number of carbonyl (C=O) groups excluding carboxylic acids is 1. The van der Waals surface area contributed by atoms with Crippen molar-refractivity contribution in [3.63, 3.8) is 0 Å². The fourth-order valence-electron chi connectivity index (χ4n) is 3.58. The molecule has 1 aliphatic heterocycles. The average molecular weight is 376 g/mol. The van der Waals surface area contributed by atoms with Gasteiger partial charge >= 0.3 is 5.97 Å². The number of morpholine rings is 1. The molecule has 1 aliphatic carbocycles. The smallest absolute Gasteiger partial charge is 0.307 e. The maximum Gasteiger partial charge on any atom is 0.307 e. The fraction of sp³-hybridized carbons (Fsp3) is 0.611. The lowest BCUT2D eigenvalue weighted by Gasteiger charge is -2.25. The highest BCUT2D eigenvalue weighted by Gasteiger charge is 2.23. The Balaban J connectivity index is 1.60. The van der Waals surface area contributed by atoms with E-state index >= 15 is 0 Å². The molecule has 2 aliphatic rings. The lowest BCUT2D eigenvalue weighted by Crippen LogP contribution is -2.36. The van der Waals surface area contributed by atoms with E-state index in [0.717, 1.165) is 67.5 Å². The molecule has 0 saturated carbocycles. The van der Waals surface area contributed by atoms with Crippen LogP contribution >= 0.6 is 11.3 Å². The molecule has 0 spiro atoms. The van der Waals surface area contributed by atoms with Gasteiger partial charge in [-0.2, -0.15) is 0 Å². The number of methoxy groups -OCH3 is 1. The zero-order valence-electron chi connectivity index (χ0n) is 15.0. The molecule has 26 heavy (non-hydrogen) atoms. The summed E-state index contributed by atoms with van der Waals surface area (Å²) < 4.78 is 10.2. The molecule has 0 atom stereocenters. The predicted molar refractivity (Wildman–Crippen MR) is 101 cm³/mol. The Morgan fingerprint density at radius 2 is 2.15 bits per heavy atom. The molecule has 7 nitrogen and oxygen atoms in total. The summed E-state index contributed by atoms with van der Waals surface area (Å²) in [5.74, 6) is 1.48. The molecular weight excluding hydrogens is 352 g/mol. The molecule has 1 saturated heterocycles. The number of anilines is 1. The highest BCUT2D eigenvalue weighted by molar-refractivity contribution is 7.19. The number of ether oxygens (including phenoxy) is 2. The van der Waals surface area contributed by atoms with Crippen molar-refractivity contribution in [2.75, 3.05) is 45.3 Å². The molecule has 8 heteroatoms. The summed E-state index contributed by atoms with van der Waals surface area (Å²) in [6.45, 7) is 4.59. The maximum atomic E-state index is 11.4. The molecule has 1 N–H and O–H groups in total. The van der Waals surface area contributed by atoms with Gasteiger partial charge in [-0.3, -0.25) is 9.69 Å². The van der Waals surface area contributed by atoms with Crippen molar-refractivity contribution in [3.05, 3.63) is 16.3 Å². The number of aromatic nitrogens is 2. The topological polar surface area (TPSA) is 76.6 Å². The van der Waals surface area contributed by atoms with E-state index in [2.05, 4.69) is 10.2 Å². The Kier molecular flexibility index (Phi) is 5.33. The van der Waals surface area contributed by atoms with E-state index in [-0.39, 0.29) is 5.97 Å². The fourth-order valence-corrected chi connectivity index (χ4v) is 4.86. The number of nitrogens with one attached hydrogen (secondary N) is 1. The summed E-state index contributed by atoms with van der Waals surface area (Å²) in [6.07, 6.45) is 3.76. The number of nitrogens with zero attached hydrogens (tertiary/aromatic N) is 3. The van der Waals surface area contributed by atoms with Gasteiger partial charge in [0.2, 0.25) is 0 Å². The first-order chi connectivity index (χ1) is 12.7. The third-order valence-corrected chi connectivity index (χ3v) is 6.11. The zero-order chi connectivity index (χ0) is 17.9. The van der Waals surface area contributed by atoms with Gasteiger partial charge < -0.3 is 14.8 Å². The highest BCUT2D eigenvalue weighted by Crippen LogP contribution is 2.39. The summed E-state index contributed by atoms with van der Waals surface area (Å²) >= 11 is 1.80. The van der Waals surface area contributed by atoms with Gasteiger partial charge in [-0.15, -0.1) is 11.3 Å². The van der Waals surface area contributed by atoms with Gasteiger partial charge in [0.15, 0.2) is 0 Å². The molecule has 0 unspecified atom stereocenters. The second kappa shape index (κ2) is 7.85. The number of hydrogen-bond acceptors (Lipinski definition) is 8. The zero-order valence-corrected chi connectivity index (χ0v) is 15.9. The molecule has 140 valence electrons. The van der Waals surface area contributed by atoms with Crippen LogP contribution in [0.25, 0.3) is 10.2 Å². The Labute approximate surface area is 156 Å². The van der Waals surface area contributed by atoms with Crippen molar-refractivity contribution in [2.45, 2.75) is 32.2 Å². The van der Waals surface area contributed by atoms with Crippen LogP contribution in [0, 0.1) is 0 Å². The van der Waals surface area contributed by atoms with Crippen molar-refractivity contribution in [3.8, 4) is 0 Å². The summed E-state index contributed by atoms with van der Waals surface area (Å²) in [7, 11) is 1.41. The highest BCUT2D eigenvalue weighted by atomic mass is 32.1. The largest absolute Gasteiger partial charge is 0.469 e. The monoisotopic (exact) mass is 376 g/mol. The van der Waals surface area contributed by atoms with Crippen LogP contribution in [-0.4, -0.2) is 60.8 Å². The second-order valence-corrected chi connectivity index (χ2v) is 7.75. The summed E-state index contributed by atoms with van der Waals surface area (Å²) in [5.41, 5.74) is 1.39. The van der Waals surface area contributed by atoms with E-state index < -0.39 is 0 Å². The van der Waals surface area contributed by atoms with Crippen LogP contribution in [0.2, 0.25) is 0 Å². The van der Waals surface area contributed by atoms with Crippen LogP contribution < -0.4 is 5.32 Å². The van der Waals surface area contributed by atoms with Gasteiger partial charge in [-0.05, 0) is 24.8 Å². The summed E-state index contributed by atoms with van der Waals surface area (Å²) in [4.78, 5) is 25.9. The van der Waals surface area contributed by atoms with Crippen molar-refractivity contribution < 1.29 is 14.3 Å². The lowest BCUT2D eigenvalue weighted by atomic mass is 10.2. The minimum atomic E-state index is -0.216. The Morgan fingerprint density at radius 1 is 1.31 bits per heavy atom. The van der Waals surface area contributed by atoms with Gasteiger partial charge in [0, 0.05) is 24.5 Å². The van der Waals surface area contributed by atoms with E-state index in [4.69, 9.17) is 19.4 Å². The van der Waals surface area contributed by atoms with Crippen LogP contribution in [0.1, 0.15) is 29.1 Å². The average Bonchev–Trinajstić information content (AvgIpc) is 3.23. The lowest BCUT2D eigenvalue weighted by molar-refractivity contribution is -0.140. The van der Waals surface area contributed by atoms with Gasteiger partial charge in [0.05, 0.1) is 38.7 Å². The van der Waals surface area contributed by atoms with Crippen LogP contribution in [0.3, 0.4) is 0 Å². The molecule has 2 aromatic rings. The van der Waals surface area contributed by atoms with Crippen LogP contribution in [-0.2, 0) is 33.7 Å². The number of aryl methyl sites for hydroxylation is 2. The van der Waals surface area contributed by atoms with Crippen molar-refractivity contribution in [2.24, 2.45) is 0 Å². The minimum Gasteiger partial charge on any atom is -0.469 e. The molecule has 3 heterocycles. The van der Waals surface area contributed by atoms with Crippen molar-refractivity contribution in [1.82, 2.24) is 14.9 Å². The number of carbonyl (C=O) groups is 1. The van der Waals surface area contributed by atoms with E-state index in [0.29, 0.717) is 13.0 Å². The summed E-state index contributed by atoms with van der Waals surface area (Å²) in [5, 5.41) is 4.51. The summed E-state index contributed by atoms with van der Waals surface area (Å²) in [6, 6.07) is 0. The van der Waals surface area contributed by atoms with Crippen LogP contribution in [0.4, 0.5) is 5.82 Å². The maximum absolute atomic E-state index is 11.4. The molecule has 2 aromatic heterocycles. The normalized spacial score (nSPS) is 17.4. The molecule has 1 fully saturated rings. The quantitative estimate of drug-likeness (QED) is 0.773. The van der Waals surface area contributed by atoms with Gasteiger partial charge in [-0.25, -0.2) is 9.97 Å². The number of fused-ring (bicyclic) bond motifs is 3. The number of hydrogen-bond donors (Lipinski definition) is 1. The van der Waals surface area contributed by atoms with Gasteiger partial charge in [0.25, 0.3) is 0 Å². The van der Waals surface area contributed by atoms with Gasteiger partial charge in [0.1, 0.15) is 16.5 Å². The van der Waals surface area contributed by atoms with Crippen LogP contribution in [0.15, 0.2) is 0 Å². The Hall–Kier alpha value is -1.77. The van der Waals surface area contributed by atoms with Crippen molar-refractivity contribution in [1.29, 1.82) is 0 Å². The van der Waals surface area contributed by atoms with Crippen molar-refractivity contribution >= 4 is 33.3 Å². The second-order valence-electron chi connectivity index (χ2n) is 6.67. The van der Waals surface area contributed by atoms with E-state index in [9.17, 15) is 4.79 Å². The standard InChI is InChI=1S/C18H24N4O3S/c1-24-15(23)5-6-19-17-16-12-3-2-4-13(12)26-18(16)21-14(20-17)11-22-7-9-25-10-8-22/h2-11H2,1H3,(H,19,20,21). The Morgan fingerprint density at radius 3 is 2.96 bits per heavy atom. The van der Waals surface area contributed by atoms with E-state index in [1.54, 1.807) is 11.3 Å². The van der Waals surface area contributed by atoms with E-state index in [1.165, 1.54) is 24.0 Å². The third-order valence-electron chi connectivity index (χ3n) is 4.93. The first-order valence-electron chi connectivity index (χ1n) is 9.16. The van der Waals surface area contributed by atoms with Gasteiger partial charge in [-0.1, -0.05) is 0 Å². The number of esters is 1. The first-order valence-corrected chi connectivity index (χ1v) is 9.98. The molecule has 0 aromatic carbocycles. The SMILES string of the molecule is COC(=O)CCNc1nc(CN2CCOCC2)nc2sc3c(c12)CCC3. The molecule has 0 radical (unpaired) electrons. The third kappa shape index (κ3) is 3.67. The first kappa shape index (κ1) is 17.6. The minimum absolute atomic E-state index is 0.216. The predicted octanol–water partition coefficient (Wildman–Crippen LogP) is 1.99. The molecular formula is C18H24N4O3S.